The van der Waals surface area contributed by atoms with Crippen molar-refractivity contribution in [3.8, 4) is 17.2 Å². The quantitative estimate of drug-likeness (QED) is 0.247. The van der Waals surface area contributed by atoms with Crippen LogP contribution in [0.5, 0.6) is 17.2 Å². The van der Waals surface area contributed by atoms with Crippen LogP contribution in [0.3, 0.4) is 0 Å². The van der Waals surface area contributed by atoms with E-state index in [0.717, 1.165) is 16.7 Å². The van der Waals surface area contributed by atoms with Crippen LogP contribution < -0.4 is 30.3 Å². The Morgan fingerprint density at radius 3 is 2.62 bits per heavy atom. The van der Waals surface area contributed by atoms with Gasteiger partial charge in [-0.2, -0.15) is 5.10 Å². The number of hydrogen-bond acceptors (Lipinski definition) is 7. The molecule has 3 aromatic rings. The van der Waals surface area contributed by atoms with Gasteiger partial charge in [-0.3, -0.25) is 14.4 Å². The fourth-order valence-corrected chi connectivity index (χ4v) is 3.38. The number of nitrogens with one attached hydrogen (secondary N) is 3. The molecular formula is C27H26N4O6. The molecule has 0 saturated carbocycles. The number of carbonyl (C=O) groups excluding carboxylic acids is 3. The van der Waals surface area contributed by atoms with Gasteiger partial charge in [0.05, 0.1) is 6.21 Å². The maximum atomic E-state index is 12.2. The summed E-state index contributed by atoms with van der Waals surface area (Å²) in [4.78, 5) is 36.3. The van der Waals surface area contributed by atoms with Crippen molar-refractivity contribution >= 4 is 29.6 Å². The van der Waals surface area contributed by atoms with Gasteiger partial charge in [0.15, 0.2) is 18.1 Å². The molecule has 3 amide bonds. The van der Waals surface area contributed by atoms with E-state index in [9.17, 15) is 14.4 Å². The largest absolute Gasteiger partial charge is 0.484 e. The third kappa shape index (κ3) is 7.07. The second-order valence-corrected chi connectivity index (χ2v) is 8.28. The number of aryl methyl sites for hydroxylation is 2. The molecule has 0 radical (unpaired) electrons. The number of hydrogen-bond donors (Lipinski definition) is 3. The highest BCUT2D eigenvalue weighted by Gasteiger charge is 2.15. The molecule has 3 N–H and O–H groups in total. The molecule has 1 heterocycles. The van der Waals surface area contributed by atoms with E-state index in [2.05, 4.69) is 21.2 Å². The molecule has 0 atom stereocenters. The number of benzene rings is 3. The van der Waals surface area contributed by atoms with Crippen LogP contribution in [0.1, 0.15) is 22.3 Å². The Morgan fingerprint density at radius 1 is 0.946 bits per heavy atom. The second-order valence-electron chi connectivity index (χ2n) is 8.28. The van der Waals surface area contributed by atoms with Crippen molar-refractivity contribution in [2.75, 3.05) is 18.7 Å². The van der Waals surface area contributed by atoms with Gasteiger partial charge >= 0.3 is 11.8 Å². The summed E-state index contributed by atoms with van der Waals surface area (Å²) < 4.78 is 16.1. The Labute approximate surface area is 213 Å². The van der Waals surface area contributed by atoms with Crippen molar-refractivity contribution in [1.82, 2.24) is 10.7 Å². The highest BCUT2D eigenvalue weighted by atomic mass is 16.7. The van der Waals surface area contributed by atoms with Crippen molar-refractivity contribution < 1.29 is 28.6 Å². The maximum absolute atomic E-state index is 12.2. The van der Waals surface area contributed by atoms with Crippen LogP contribution in [-0.2, 0) is 20.9 Å². The van der Waals surface area contributed by atoms with Gasteiger partial charge in [0, 0.05) is 12.2 Å². The van der Waals surface area contributed by atoms with Gasteiger partial charge in [-0.05, 0) is 72.5 Å². The molecule has 1 aliphatic rings. The number of fused-ring (bicyclic) bond motifs is 1. The van der Waals surface area contributed by atoms with Crippen LogP contribution in [0, 0.1) is 13.8 Å². The highest BCUT2D eigenvalue weighted by molar-refractivity contribution is 6.35. The fraction of sp³-hybridized carbons (Fsp3) is 0.185. The minimum Gasteiger partial charge on any atom is -0.484 e. The Kier molecular flexibility index (Phi) is 7.99. The Hall–Kier alpha value is -4.86. The Bertz CT molecular complexity index is 1350. The van der Waals surface area contributed by atoms with Gasteiger partial charge < -0.3 is 24.8 Å². The first-order valence-corrected chi connectivity index (χ1v) is 11.5. The topological polar surface area (TPSA) is 127 Å². The molecule has 0 aromatic heterocycles. The van der Waals surface area contributed by atoms with Gasteiger partial charge in [-0.1, -0.05) is 24.3 Å². The summed E-state index contributed by atoms with van der Waals surface area (Å²) >= 11 is 0. The lowest BCUT2D eigenvalue weighted by Crippen LogP contribution is -2.37. The molecule has 3 aromatic carbocycles. The van der Waals surface area contributed by atoms with Crippen molar-refractivity contribution in [2.45, 2.75) is 20.4 Å². The van der Waals surface area contributed by atoms with Gasteiger partial charge in [-0.25, -0.2) is 5.43 Å². The zero-order valence-corrected chi connectivity index (χ0v) is 20.4. The summed E-state index contributed by atoms with van der Waals surface area (Å²) in [7, 11) is 0. The van der Waals surface area contributed by atoms with Crippen LogP contribution in [0.25, 0.3) is 0 Å². The molecule has 0 unspecified atom stereocenters. The highest BCUT2D eigenvalue weighted by Crippen LogP contribution is 2.32. The van der Waals surface area contributed by atoms with Crippen molar-refractivity contribution in [3.63, 3.8) is 0 Å². The molecule has 0 aliphatic carbocycles. The molecule has 0 spiro atoms. The summed E-state index contributed by atoms with van der Waals surface area (Å²) in [6.07, 6.45) is 1.37. The average molecular weight is 503 g/mol. The van der Waals surface area contributed by atoms with Gasteiger partial charge in [0.25, 0.3) is 5.91 Å². The van der Waals surface area contributed by atoms with E-state index < -0.39 is 11.8 Å². The molecule has 190 valence electrons. The van der Waals surface area contributed by atoms with E-state index in [-0.39, 0.29) is 25.9 Å². The van der Waals surface area contributed by atoms with E-state index in [1.54, 1.807) is 42.5 Å². The summed E-state index contributed by atoms with van der Waals surface area (Å²) in [6.45, 7) is 4.11. The molecular weight excluding hydrogens is 476 g/mol. The third-order valence-electron chi connectivity index (χ3n) is 5.49. The molecule has 10 nitrogen and oxygen atoms in total. The summed E-state index contributed by atoms with van der Waals surface area (Å²) in [5, 5.41) is 9.13. The van der Waals surface area contributed by atoms with E-state index in [4.69, 9.17) is 14.2 Å². The van der Waals surface area contributed by atoms with E-state index in [1.165, 1.54) is 6.21 Å². The van der Waals surface area contributed by atoms with Crippen LogP contribution in [0.4, 0.5) is 5.69 Å². The molecule has 0 fully saturated rings. The van der Waals surface area contributed by atoms with Crippen molar-refractivity contribution in [1.29, 1.82) is 0 Å². The normalized spacial score (nSPS) is 11.7. The summed E-state index contributed by atoms with van der Waals surface area (Å²) in [6, 6.07) is 17.7. The van der Waals surface area contributed by atoms with Gasteiger partial charge in [-0.15, -0.1) is 0 Å². The third-order valence-corrected chi connectivity index (χ3v) is 5.49. The monoisotopic (exact) mass is 502 g/mol. The number of carbonyl (C=O) groups is 3. The standard InChI is InChI=1S/C27H26N4O6/c1-17-6-8-21(10-18(17)2)30-25(32)15-35-22-5-3-4-19(11-22)14-29-31-27(34)26(33)28-13-20-7-9-23-24(12-20)37-16-36-23/h3-12,14H,13,15-16H2,1-2H3,(H,28,33)(H,30,32)(H,31,34)/b29-14-. The summed E-state index contributed by atoms with van der Waals surface area (Å²) in [5.41, 5.74) is 6.48. The smallest absolute Gasteiger partial charge is 0.329 e. The Morgan fingerprint density at radius 2 is 1.78 bits per heavy atom. The van der Waals surface area contributed by atoms with E-state index in [1.807, 2.05) is 32.0 Å². The van der Waals surface area contributed by atoms with Gasteiger partial charge in [0.2, 0.25) is 6.79 Å². The minimum atomic E-state index is -0.910. The van der Waals surface area contributed by atoms with Crippen LogP contribution >= 0.6 is 0 Å². The number of ether oxygens (including phenoxy) is 3. The number of hydrazone groups is 1. The number of anilines is 1. The number of rotatable bonds is 8. The average Bonchev–Trinajstić information content (AvgIpc) is 3.36. The van der Waals surface area contributed by atoms with Crippen LogP contribution in [-0.4, -0.2) is 37.3 Å². The number of nitrogens with zero attached hydrogens (tertiary/aromatic N) is 1. The van der Waals surface area contributed by atoms with Crippen molar-refractivity contribution in [3.05, 3.63) is 82.9 Å². The van der Waals surface area contributed by atoms with Crippen LogP contribution in [0.2, 0.25) is 0 Å². The zero-order valence-electron chi connectivity index (χ0n) is 20.4. The number of amides is 3. The minimum absolute atomic E-state index is 0.142. The fourth-order valence-electron chi connectivity index (χ4n) is 3.38. The maximum Gasteiger partial charge on any atom is 0.329 e. The second kappa shape index (κ2) is 11.7. The predicted molar refractivity (Wildman–Crippen MR) is 137 cm³/mol. The SMILES string of the molecule is Cc1ccc(NC(=O)COc2cccc(/C=N\NC(=O)C(=O)NCc3ccc4c(c3)OCO4)c2)cc1C. The van der Waals surface area contributed by atoms with E-state index >= 15 is 0 Å². The first kappa shape index (κ1) is 25.2. The first-order valence-electron chi connectivity index (χ1n) is 11.5. The molecule has 0 saturated heterocycles. The molecule has 10 heteroatoms. The van der Waals surface area contributed by atoms with Gasteiger partial charge in [0.1, 0.15) is 5.75 Å². The first-order chi connectivity index (χ1) is 17.9. The molecule has 37 heavy (non-hydrogen) atoms. The molecule has 4 rings (SSSR count). The van der Waals surface area contributed by atoms with Crippen LogP contribution in [0.15, 0.2) is 65.8 Å². The lowest BCUT2D eigenvalue weighted by atomic mass is 10.1. The predicted octanol–water partition coefficient (Wildman–Crippen LogP) is 2.82. The lowest BCUT2D eigenvalue weighted by Gasteiger charge is -2.09. The lowest BCUT2D eigenvalue weighted by molar-refractivity contribution is -0.139. The zero-order chi connectivity index (χ0) is 26.2. The molecule has 0 bridgehead atoms. The molecule has 1 aliphatic heterocycles. The van der Waals surface area contributed by atoms with E-state index in [0.29, 0.717) is 28.5 Å². The Balaban J connectivity index is 1.21. The summed E-state index contributed by atoms with van der Waals surface area (Å²) in [5.74, 6) is -0.353. The van der Waals surface area contributed by atoms with Crippen molar-refractivity contribution in [2.24, 2.45) is 5.10 Å².